The molecule has 0 saturated carbocycles. The highest BCUT2D eigenvalue weighted by molar-refractivity contribution is 6.33. The van der Waals surface area contributed by atoms with Gasteiger partial charge in [-0.3, -0.25) is 0 Å². The zero-order chi connectivity index (χ0) is 13.8. The van der Waals surface area contributed by atoms with Crippen LogP contribution in [0.25, 0.3) is 0 Å². The third kappa shape index (κ3) is 3.55. The Morgan fingerprint density at radius 3 is 2.21 bits per heavy atom. The van der Waals surface area contributed by atoms with E-state index in [2.05, 4.69) is 10.2 Å². The highest BCUT2D eigenvalue weighted by Gasteiger charge is 1.99. The summed E-state index contributed by atoms with van der Waals surface area (Å²) in [4.78, 5) is 2.04. The van der Waals surface area contributed by atoms with Crippen LogP contribution in [-0.4, -0.2) is 14.1 Å². The van der Waals surface area contributed by atoms with Crippen LogP contribution in [-0.2, 0) is 0 Å². The Hall–Kier alpha value is -1.87. The molecule has 19 heavy (non-hydrogen) atoms. The van der Waals surface area contributed by atoms with Gasteiger partial charge in [0.25, 0.3) is 0 Å². The Labute approximate surface area is 118 Å². The second kappa shape index (κ2) is 5.85. The highest BCUT2D eigenvalue weighted by atomic mass is 35.5. The van der Waals surface area contributed by atoms with Crippen LogP contribution in [0.4, 0.5) is 17.1 Å². The third-order valence-electron chi connectivity index (χ3n) is 2.74. The van der Waals surface area contributed by atoms with Crippen molar-refractivity contribution in [2.45, 2.75) is 6.92 Å². The van der Waals surface area contributed by atoms with E-state index in [4.69, 9.17) is 11.6 Å². The first kappa shape index (κ1) is 13.6. The number of anilines is 1. The summed E-state index contributed by atoms with van der Waals surface area (Å²) in [6.45, 7) is 1.99. The zero-order valence-corrected chi connectivity index (χ0v) is 12.0. The monoisotopic (exact) mass is 273 g/mol. The topological polar surface area (TPSA) is 28.0 Å². The molecule has 98 valence electrons. The molecule has 4 heteroatoms. The van der Waals surface area contributed by atoms with E-state index >= 15 is 0 Å². The fourth-order valence-electron chi connectivity index (χ4n) is 1.62. The van der Waals surface area contributed by atoms with Crippen LogP contribution in [0.3, 0.4) is 0 Å². The van der Waals surface area contributed by atoms with Gasteiger partial charge < -0.3 is 4.90 Å². The number of hydrogen-bond donors (Lipinski definition) is 0. The number of hydrogen-bond acceptors (Lipinski definition) is 3. The van der Waals surface area contributed by atoms with Gasteiger partial charge in [0.2, 0.25) is 0 Å². The van der Waals surface area contributed by atoms with E-state index < -0.39 is 0 Å². The molecule has 0 amide bonds. The number of halogens is 1. The Bertz CT molecular complexity index is 589. The van der Waals surface area contributed by atoms with Crippen LogP contribution in [0.2, 0.25) is 5.02 Å². The first-order valence-electron chi connectivity index (χ1n) is 6.01. The average Bonchev–Trinajstić information content (AvgIpc) is 2.38. The van der Waals surface area contributed by atoms with E-state index in [1.54, 1.807) is 0 Å². The van der Waals surface area contributed by atoms with Crippen LogP contribution in [0.15, 0.2) is 52.7 Å². The van der Waals surface area contributed by atoms with Crippen molar-refractivity contribution < 1.29 is 0 Å². The van der Waals surface area contributed by atoms with Gasteiger partial charge in [-0.1, -0.05) is 17.7 Å². The molecule has 0 aromatic heterocycles. The molecule has 0 aliphatic heterocycles. The van der Waals surface area contributed by atoms with Crippen LogP contribution in [0.5, 0.6) is 0 Å². The Balaban J connectivity index is 2.18. The van der Waals surface area contributed by atoms with Gasteiger partial charge >= 0.3 is 0 Å². The van der Waals surface area contributed by atoms with Gasteiger partial charge in [0.1, 0.15) is 5.69 Å². The molecule has 0 heterocycles. The molecule has 0 aliphatic carbocycles. The first-order chi connectivity index (χ1) is 9.06. The molecule has 0 aliphatic rings. The summed E-state index contributed by atoms with van der Waals surface area (Å²) in [7, 11) is 4.01. The zero-order valence-electron chi connectivity index (χ0n) is 11.3. The van der Waals surface area contributed by atoms with Crippen molar-refractivity contribution in [3.63, 3.8) is 0 Å². The lowest BCUT2D eigenvalue weighted by atomic mass is 10.2. The molecule has 0 unspecified atom stereocenters. The van der Waals surface area contributed by atoms with Crippen LogP contribution >= 0.6 is 11.6 Å². The van der Waals surface area contributed by atoms with Crippen molar-refractivity contribution in [1.82, 2.24) is 0 Å². The van der Waals surface area contributed by atoms with Gasteiger partial charge in [0.15, 0.2) is 0 Å². The molecule has 0 fully saturated rings. The number of aryl methyl sites for hydroxylation is 1. The molecule has 2 aromatic rings. The van der Waals surface area contributed by atoms with Crippen molar-refractivity contribution >= 4 is 28.7 Å². The van der Waals surface area contributed by atoms with E-state index in [0.29, 0.717) is 10.7 Å². The summed E-state index contributed by atoms with van der Waals surface area (Å²) in [5, 5.41) is 8.98. The number of nitrogens with zero attached hydrogens (tertiary/aromatic N) is 3. The predicted molar refractivity (Wildman–Crippen MR) is 81.1 cm³/mol. The Morgan fingerprint density at radius 2 is 1.63 bits per heavy atom. The highest BCUT2D eigenvalue weighted by Crippen LogP contribution is 2.28. The van der Waals surface area contributed by atoms with E-state index in [1.807, 2.05) is 68.4 Å². The number of azo groups is 1. The van der Waals surface area contributed by atoms with Gasteiger partial charge in [0, 0.05) is 19.8 Å². The SMILES string of the molecule is Cc1ccc(/N=N/c2ccc(N(C)C)cc2)c(Cl)c1. The molecule has 2 rings (SSSR count). The third-order valence-corrected chi connectivity index (χ3v) is 3.05. The maximum absolute atomic E-state index is 6.10. The number of benzene rings is 2. The summed E-state index contributed by atoms with van der Waals surface area (Å²) in [6, 6.07) is 13.6. The summed E-state index contributed by atoms with van der Waals surface area (Å²) >= 11 is 6.10. The Kier molecular flexibility index (Phi) is 4.17. The summed E-state index contributed by atoms with van der Waals surface area (Å²) < 4.78 is 0. The maximum atomic E-state index is 6.10. The molecule has 0 saturated heterocycles. The standard InChI is InChI=1S/C15H16ClN3/c1-11-4-9-15(14(16)10-11)18-17-12-5-7-13(8-6-12)19(2)3/h4-10H,1-3H3/b18-17+. The molecule has 0 spiro atoms. The van der Waals surface area contributed by atoms with Gasteiger partial charge in [-0.15, -0.1) is 5.11 Å². The minimum absolute atomic E-state index is 0.619. The molecule has 2 aromatic carbocycles. The van der Waals surface area contributed by atoms with E-state index in [9.17, 15) is 0 Å². The fourth-order valence-corrected chi connectivity index (χ4v) is 1.89. The minimum atomic E-state index is 0.619. The van der Waals surface area contributed by atoms with Gasteiger partial charge in [-0.2, -0.15) is 5.11 Å². The van der Waals surface area contributed by atoms with Crippen molar-refractivity contribution in [3.05, 3.63) is 53.1 Å². The van der Waals surface area contributed by atoms with Gasteiger partial charge in [-0.25, -0.2) is 0 Å². The smallest absolute Gasteiger partial charge is 0.104 e. The largest absolute Gasteiger partial charge is 0.378 e. The Morgan fingerprint density at radius 1 is 0.947 bits per heavy atom. The van der Waals surface area contributed by atoms with Crippen LogP contribution in [0, 0.1) is 6.92 Å². The molecule has 0 bridgehead atoms. The second-order valence-corrected chi connectivity index (χ2v) is 4.97. The lowest BCUT2D eigenvalue weighted by Crippen LogP contribution is -2.07. The van der Waals surface area contributed by atoms with Crippen molar-refractivity contribution in [2.75, 3.05) is 19.0 Å². The lowest BCUT2D eigenvalue weighted by Gasteiger charge is -2.11. The summed E-state index contributed by atoms with van der Waals surface area (Å²) in [5.41, 5.74) is 3.73. The summed E-state index contributed by atoms with van der Waals surface area (Å²) in [5.74, 6) is 0. The van der Waals surface area contributed by atoms with Crippen molar-refractivity contribution in [1.29, 1.82) is 0 Å². The molecule has 3 nitrogen and oxygen atoms in total. The van der Waals surface area contributed by atoms with E-state index in [1.165, 1.54) is 0 Å². The molecular weight excluding hydrogens is 258 g/mol. The molecule has 0 atom stereocenters. The second-order valence-electron chi connectivity index (χ2n) is 4.57. The predicted octanol–water partition coefficient (Wildman–Crippen LogP) is 5.13. The minimum Gasteiger partial charge on any atom is -0.378 e. The van der Waals surface area contributed by atoms with Gasteiger partial charge in [0.05, 0.1) is 10.7 Å². The number of rotatable bonds is 3. The van der Waals surface area contributed by atoms with Gasteiger partial charge in [-0.05, 0) is 48.9 Å². The maximum Gasteiger partial charge on any atom is 0.104 e. The van der Waals surface area contributed by atoms with Crippen LogP contribution in [0.1, 0.15) is 5.56 Å². The summed E-state index contributed by atoms with van der Waals surface area (Å²) in [6.07, 6.45) is 0. The van der Waals surface area contributed by atoms with Crippen molar-refractivity contribution in [3.8, 4) is 0 Å². The first-order valence-corrected chi connectivity index (χ1v) is 6.39. The fraction of sp³-hybridized carbons (Fsp3) is 0.200. The molecule has 0 N–H and O–H groups in total. The van der Waals surface area contributed by atoms with Crippen molar-refractivity contribution in [2.24, 2.45) is 10.2 Å². The lowest BCUT2D eigenvalue weighted by molar-refractivity contribution is 1.13. The quantitative estimate of drug-likeness (QED) is 0.713. The molecule has 0 radical (unpaired) electrons. The van der Waals surface area contributed by atoms with E-state index in [-0.39, 0.29) is 0 Å². The average molecular weight is 274 g/mol. The van der Waals surface area contributed by atoms with E-state index in [0.717, 1.165) is 16.9 Å². The normalized spacial score (nSPS) is 10.9. The molecular formula is C15H16ClN3. The van der Waals surface area contributed by atoms with Crippen LogP contribution < -0.4 is 4.90 Å².